The van der Waals surface area contributed by atoms with E-state index in [2.05, 4.69) is 27.4 Å². The lowest BCUT2D eigenvalue weighted by atomic mass is 10.1. The standard InChI is InChI=1S/C21H27ClN6O2/c1-4-5-6-7-8-13-28-17-18(27(3)21(30)24-19(17)29)23-20(28)26-25-14(2)15-9-11-16(22)12-10-15/h9-12H,4-8,13H2,1-3H3,(H,23,26)(H,24,29,30)/b25-14-. The first-order valence-corrected chi connectivity index (χ1v) is 10.6. The highest BCUT2D eigenvalue weighted by molar-refractivity contribution is 6.30. The van der Waals surface area contributed by atoms with Gasteiger partial charge in [-0.2, -0.15) is 10.1 Å². The van der Waals surface area contributed by atoms with Gasteiger partial charge in [0.25, 0.3) is 5.56 Å². The van der Waals surface area contributed by atoms with Crippen molar-refractivity contribution in [1.29, 1.82) is 0 Å². The van der Waals surface area contributed by atoms with Crippen molar-refractivity contribution >= 4 is 34.4 Å². The minimum absolute atomic E-state index is 0.333. The van der Waals surface area contributed by atoms with E-state index in [1.807, 2.05) is 19.1 Å². The molecule has 0 bridgehead atoms. The number of nitrogens with zero attached hydrogens (tertiary/aromatic N) is 4. The Kier molecular flexibility index (Phi) is 7.10. The molecule has 0 saturated heterocycles. The predicted molar refractivity (Wildman–Crippen MR) is 122 cm³/mol. The Morgan fingerprint density at radius 1 is 1.17 bits per heavy atom. The number of hydrazone groups is 1. The molecule has 0 radical (unpaired) electrons. The average Bonchev–Trinajstić information content (AvgIpc) is 3.10. The number of hydrogen-bond donors (Lipinski definition) is 2. The van der Waals surface area contributed by atoms with Crippen LogP contribution in [0.25, 0.3) is 11.2 Å². The van der Waals surface area contributed by atoms with Crippen molar-refractivity contribution in [3.63, 3.8) is 0 Å². The average molecular weight is 431 g/mol. The largest absolute Gasteiger partial charge is 0.329 e. The third-order valence-corrected chi connectivity index (χ3v) is 5.33. The molecule has 1 aromatic carbocycles. The molecule has 8 nitrogen and oxygen atoms in total. The summed E-state index contributed by atoms with van der Waals surface area (Å²) in [5.74, 6) is 0.431. The van der Waals surface area contributed by atoms with Gasteiger partial charge in [-0.3, -0.25) is 14.3 Å². The highest BCUT2D eigenvalue weighted by Crippen LogP contribution is 2.18. The van der Waals surface area contributed by atoms with Crippen LogP contribution >= 0.6 is 11.6 Å². The molecule has 0 fully saturated rings. The normalized spacial score (nSPS) is 11.9. The van der Waals surface area contributed by atoms with Crippen molar-refractivity contribution in [1.82, 2.24) is 19.1 Å². The van der Waals surface area contributed by atoms with E-state index in [4.69, 9.17) is 11.6 Å². The summed E-state index contributed by atoms with van der Waals surface area (Å²) in [6, 6.07) is 7.37. The molecular weight excluding hydrogens is 404 g/mol. The maximum Gasteiger partial charge on any atom is 0.329 e. The summed E-state index contributed by atoms with van der Waals surface area (Å²) in [5.41, 5.74) is 4.41. The van der Waals surface area contributed by atoms with Crippen LogP contribution in [0.4, 0.5) is 5.95 Å². The fourth-order valence-electron chi connectivity index (χ4n) is 3.30. The van der Waals surface area contributed by atoms with Gasteiger partial charge in [-0.05, 0) is 31.0 Å². The second-order valence-corrected chi connectivity index (χ2v) is 7.74. The van der Waals surface area contributed by atoms with E-state index in [-0.39, 0.29) is 0 Å². The van der Waals surface area contributed by atoms with Gasteiger partial charge in [-0.25, -0.2) is 10.2 Å². The first-order chi connectivity index (χ1) is 14.4. The van der Waals surface area contributed by atoms with E-state index in [0.717, 1.165) is 30.5 Å². The Morgan fingerprint density at radius 3 is 2.57 bits per heavy atom. The first kappa shape index (κ1) is 21.8. The minimum Gasteiger partial charge on any atom is -0.303 e. The highest BCUT2D eigenvalue weighted by Gasteiger charge is 2.17. The lowest BCUT2D eigenvalue weighted by Crippen LogP contribution is -2.29. The molecule has 9 heteroatoms. The summed E-state index contributed by atoms with van der Waals surface area (Å²) >= 11 is 5.95. The van der Waals surface area contributed by atoms with Gasteiger partial charge in [-0.15, -0.1) is 0 Å². The van der Waals surface area contributed by atoms with Crippen LogP contribution < -0.4 is 16.7 Å². The maximum atomic E-state index is 12.5. The molecule has 2 N–H and O–H groups in total. The van der Waals surface area contributed by atoms with E-state index in [0.29, 0.717) is 28.7 Å². The smallest absolute Gasteiger partial charge is 0.303 e. The Balaban J connectivity index is 1.94. The zero-order valence-corrected chi connectivity index (χ0v) is 18.3. The molecule has 0 atom stereocenters. The van der Waals surface area contributed by atoms with E-state index in [1.54, 1.807) is 23.7 Å². The van der Waals surface area contributed by atoms with Crippen molar-refractivity contribution in [2.45, 2.75) is 52.5 Å². The Morgan fingerprint density at radius 2 is 1.87 bits per heavy atom. The van der Waals surface area contributed by atoms with Crippen LogP contribution in [-0.2, 0) is 13.6 Å². The van der Waals surface area contributed by atoms with E-state index in [1.165, 1.54) is 17.4 Å². The summed E-state index contributed by atoms with van der Waals surface area (Å²) in [7, 11) is 1.59. The second kappa shape index (κ2) is 9.75. The molecule has 3 aromatic rings. The third-order valence-electron chi connectivity index (χ3n) is 5.08. The van der Waals surface area contributed by atoms with E-state index >= 15 is 0 Å². The zero-order chi connectivity index (χ0) is 21.7. The SMILES string of the molecule is CCCCCCCn1c(N/N=C(/C)c2ccc(Cl)cc2)nc2c1c(=O)[nH]c(=O)n2C. The van der Waals surface area contributed by atoms with Crippen LogP contribution in [0.3, 0.4) is 0 Å². The number of unbranched alkanes of at least 4 members (excludes halogenated alkanes) is 4. The molecule has 3 rings (SSSR count). The number of benzene rings is 1. The third kappa shape index (κ3) is 4.81. The maximum absolute atomic E-state index is 12.5. The van der Waals surface area contributed by atoms with Crippen molar-refractivity contribution in [2.24, 2.45) is 12.1 Å². The molecule has 2 aromatic heterocycles. The quantitative estimate of drug-likeness (QED) is 0.306. The molecule has 160 valence electrons. The topological polar surface area (TPSA) is 97.1 Å². The van der Waals surface area contributed by atoms with Gasteiger partial charge < -0.3 is 4.57 Å². The van der Waals surface area contributed by atoms with Crippen LogP contribution in [0.2, 0.25) is 5.02 Å². The summed E-state index contributed by atoms with van der Waals surface area (Å²) in [4.78, 5) is 31.3. The number of nitrogens with one attached hydrogen (secondary N) is 2. The number of aromatic amines is 1. The van der Waals surface area contributed by atoms with E-state index < -0.39 is 11.2 Å². The minimum atomic E-state index is -0.493. The van der Waals surface area contributed by atoms with Crippen molar-refractivity contribution in [2.75, 3.05) is 5.43 Å². The van der Waals surface area contributed by atoms with Crippen LogP contribution in [0.1, 0.15) is 51.5 Å². The van der Waals surface area contributed by atoms with Crippen LogP contribution in [0.15, 0.2) is 39.0 Å². The Labute approximate surface area is 179 Å². The van der Waals surface area contributed by atoms with Gasteiger partial charge >= 0.3 is 5.69 Å². The Hall–Kier alpha value is -2.87. The Bertz CT molecular complexity index is 1160. The fraction of sp³-hybridized carbons (Fsp3) is 0.429. The summed E-state index contributed by atoms with van der Waals surface area (Å²) in [6.45, 7) is 4.66. The number of imidazole rings is 1. The first-order valence-electron chi connectivity index (χ1n) is 10.2. The number of anilines is 1. The molecule has 30 heavy (non-hydrogen) atoms. The van der Waals surface area contributed by atoms with Crippen LogP contribution in [0.5, 0.6) is 0 Å². The fourth-order valence-corrected chi connectivity index (χ4v) is 3.43. The van der Waals surface area contributed by atoms with Gasteiger partial charge in [0.05, 0.1) is 5.71 Å². The molecular formula is C21H27ClN6O2. The van der Waals surface area contributed by atoms with Crippen molar-refractivity contribution in [3.8, 4) is 0 Å². The van der Waals surface area contributed by atoms with Crippen LogP contribution in [-0.4, -0.2) is 24.8 Å². The van der Waals surface area contributed by atoms with Gasteiger partial charge in [-0.1, -0.05) is 56.3 Å². The molecule has 0 saturated carbocycles. The molecule has 0 aliphatic rings. The number of halogens is 1. The van der Waals surface area contributed by atoms with Gasteiger partial charge in [0, 0.05) is 18.6 Å². The molecule has 0 unspecified atom stereocenters. The second-order valence-electron chi connectivity index (χ2n) is 7.31. The molecule has 0 amide bonds. The highest BCUT2D eigenvalue weighted by atomic mass is 35.5. The lowest BCUT2D eigenvalue weighted by Gasteiger charge is -2.09. The summed E-state index contributed by atoms with van der Waals surface area (Å²) in [6.07, 6.45) is 5.47. The lowest BCUT2D eigenvalue weighted by molar-refractivity contribution is 0.577. The summed E-state index contributed by atoms with van der Waals surface area (Å²) < 4.78 is 3.14. The number of fused-ring (bicyclic) bond motifs is 1. The van der Waals surface area contributed by atoms with Crippen molar-refractivity contribution < 1.29 is 0 Å². The number of hydrogen-bond acceptors (Lipinski definition) is 5. The van der Waals surface area contributed by atoms with Gasteiger partial charge in [0.2, 0.25) is 5.95 Å². The summed E-state index contributed by atoms with van der Waals surface area (Å²) in [5, 5.41) is 5.09. The zero-order valence-electron chi connectivity index (χ0n) is 17.5. The monoisotopic (exact) mass is 430 g/mol. The molecule has 0 aliphatic carbocycles. The van der Waals surface area contributed by atoms with Crippen LogP contribution in [0, 0.1) is 0 Å². The predicted octanol–water partition coefficient (Wildman–Crippen LogP) is 3.88. The number of aryl methyl sites for hydroxylation is 2. The molecule has 2 heterocycles. The molecule has 0 aliphatic heterocycles. The number of rotatable bonds is 9. The molecule has 0 spiro atoms. The van der Waals surface area contributed by atoms with E-state index in [9.17, 15) is 9.59 Å². The number of H-pyrrole nitrogens is 1. The van der Waals surface area contributed by atoms with Crippen molar-refractivity contribution in [3.05, 3.63) is 55.7 Å². The van der Waals surface area contributed by atoms with Gasteiger partial charge in [0.15, 0.2) is 11.2 Å². The number of aromatic nitrogens is 4. The van der Waals surface area contributed by atoms with Gasteiger partial charge in [0.1, 0.15) is 0 Å².